The van der Waals surface area contributed by atoms with E-state index < -0.39 is 22.9 Å². The Hall–Kier alpha value is -2.74. The maximum Gasteiger partial charge on any atom is 0.336 e. The van der Waals surface area contributed by atoms with Crippen LogP contribution in [0.5, 0.6) is 0 Å². The molecule has 1 atom stereocenters. The number of amides is 1. The smallest absolute Gasteiger partial charge is 0.336 e. The summed E-state index contributed by atoms with van der Waals surface area (Å²) in [4.78, 5) is 24.2. The minimum Gasteiger partial charge on any atom is -0.423 e. The highest BCUT2D eigenvalue weighted by atomic mass is 35.5. The molecule has 0 bridgehead atoms. The van der Waals surface area contributed by atoms with Crippen LogP contribution in [-0.4, -0.2) is 5.91 Å². The number of hydrogen-bond acceptors (Lipinski definition) is 6. The average molecular weight is 414 g/mol. The number of aryl methyl sites for hydroxylation is 1. The predicted octanol–water partition coefficient (Wildman–Crippen LogP) is 4.02. The first-order valence-electron chi connectivity index (χ1n) is 8.40. The van der Waals surface area contributed by atoms with Gasteiger partial charge in [-0.3, -0.25) is 4.79 Å². The van der Waals surface area contributed by atoms with Crippen molar-refractivity contribution >= 4 is 40.2 Å². The molecule has 1 amide bonds. The van der Waals surface area contributed by atoms with Gasteiger partial charge in [0.15, 0.2) is 0 Å². The zero-order valence-corrected chi connectivity index (χ0v) is 17.0. The highest BCUT2D eigenvalue weighted by Crippen LogP contribution is 2.42. The van der Waals surface area contributed by atoms with Gasteiger partial charge >= 0.3 is 5.63 Å². The number of benzene rings is 1. The van der Waals surface area contributed by atoms with Gasteiger partial charge in [0.25, 0.3) is 0 Å². The van der Waals surface area contributed by atoms with E-state index in [0.29, 0.717) is 37.9 Å². The van der Waals surface area contributed by atoms with Gasteiger partial charge in [-0.25, -0.2) is 4.79 Å². The molecule has 6 nitrogen and oxygen atoms in total. The minimum atomic E-state index is -0.946. The van der Waals surface area contributed by atoms with Crippen molar-refractivity contribution in [1.29, 1.82) is 10.5 Å². The molecule has 1 aliphatic heterocycles. The fourth-order valence-corrected chi connectivity index (χ4v) is 4.48. The lowest BCUT2D eigenvalue weighted by molar-refractivity contribution is -0.125. The molecule has 1 aliphatic rings. The maximum atomic E-state index is 12.3. The van der Waals surface area contributed by atoms with E-state index >= 15 is 0 Å². The van der Waals surface area contributed by atoms with Crippen molar-refractivity contribution in [1.82, 2.24) is 5.32 Å². The first kappa shape index (κ1) is 20.0. The van der Waals surface area contributed by atoms with Gasteiger partial charge in [0.05, 0.1) is 22.7 Å². The first-order valence-corrected chi connectivity index (χ1v) is 9.76. The molecule has 0 aliphatic carbocycles. The molecule has 0 unspecified atom stereocenters. The van der Waals surface area contributed by atoms with Crippen molar-refractivity contribution < 1.29 is 9.21 Å². The van der Waals surface area contributed by atoms with Crippen molar-refractivity contribution in [3.63, 3.8) is 0 Å². The number of hydrogen-bond donors (Lipinski definition) is 1. The van der Waals surface area contributed by atoms with Crippen molar-refractivity contribution in [2.45, 2.75) is 26.5 Å². The van der Waals surface area contributed by atoms with E-state index in [2.05, 4.69) is 11.4 Å². The van der Waals surface area contributed by atoms with Crippen molar-refractivity contribution in [2.24, 2.45) is 11.3 Å². The summed E-state index contributed by atoms with van der Waals surface area (Å²) in [5, 5.41) is 23.2. The summed E-state index contributed by atoms with van der Waals surface area (Å²) in [5.41, 5.74) is 0.836. The van der Waals surface area contributed by atoms with Crippen LogP contribution in [0.4, 0.5) is 0 Å². The van der Waals surface area contributed by atoms with E-state index in [1.807, 2.05) is 13.0 Å². The number of rotatable bonds is 3. The monoisotopic (exact) mass is 413 g/mol. The number of nitrogens with zero attached hydrogens (tertiary/aromatic N) is 2. The Morgan fingerprint density at radius 2 is 2.00 bits per heavy atom. The molecule has 0 radical (unpaired) electrons. The third-order valence-corrected chi connectivity index (χ3v) is 6.27. The van der Waals surface area contributed by atoms with Crippen LogP contribution in [0.3, 0.4) is 0 Å². The second-order valence-corrected chi connectivity index (χ2v) is 8.46. The molecule has 1 aromatic carbocycles. The summed E-state index contributed by atoms with van der Waals surface area (Å²) in [7, 11) is 0. The SMILES string of the molecule is Cc1cc2oc(=O)cc(CSC3=C(C#N)C(C)(C)[C@@H](C#N)C(=O)N3)c2cc1Cl. The first-order chi connectivity index (χ1) is 13.2. The van der Waals surface area contributed by atoms with Crippen LogP contribution in [0.25, 0.3) is 11.0 Å². The summed E-state index contributed by atoms with van der Waals surface area (Å²) in [5.74, 6) is -1.07. The van der Waals surface area contributed by atoms with E-state index in [4.69, 9.17) is 16.0 Å². The molecule has 0 spiro atoms. The largest absolute Gasteiger partial charge is 0.423 e. The molecule has 28 heavy (non-hydrogen) atoms. The van der Waals surface area contributed by atoms with E-state index in [1.165, 1.54) is 17.8 Å². The van der Waals surface area contributed by atoms with E-state index in [1.54, 1.807) is 26.0 Å². The highest BCUT2D eigenvalue weighted by Gasteiger charge is 2.44. The number of nitrogens with one attached hydrogen (secondary N) is 1. The molecule has 2 heterocycles. The van der Waals surface area contributed by atoms with Gasteiger partial charge in [-0.2, -0.15) is 10.5 Å². The Balaban J connectivity index is 2.02. The predicted molar refractivity (Wildman–Crippen MR) is 107 cm³/mol. The van der Waals surface area contributed by atoms with Crippen LogP contribution in [0.2, 0.25) is 5.02 Å². The van der Waals surface area contributed by atoms with Crippen LogP contribution in [-0.2, 0) is 10.5 Å². The zero-order chi connectivity index (χ0) is 20.6. The lowest BCUT2D eigenvalue weighted by atomic mass is 9.72. The van der Waals surface area contributed by atoms with Gasteiger partial charge in [-0.1, -0.05) is 25.4 Å². The molecule has 2 aromatic rings. The van der Waals surface area contributed by atoms with Crippen LogP contribution < -0.4 is 10.9 Å². The average Bonchev–Trinajstić information content (AvgIpc) is 2.60. The Morgan fingerprint density at radius 3 is 2.64 bits per heavy atom. The number of nitriles is 2. The molecule has 1 aromatic heterocycles. The van der Waals surface area contributed by atoms with Crippen LogP contribution >= 0.6 is 23.4 Å². The molecular weight excluding hydrogens is 398 g/mol. The number of fused-ring (bicyclic) bond motifs is 1. The second kappa shape index (κ2) is 7.35. The van der Waals surface area contributed by atoms with Gasteiger partial charge in [0, 0.05) is 27.6 Å². The normalized spacial score (nSPS) is 18.5. The van der Waals surface area contributed by atoms with Crippen molar-refractivity contribution in [3.05, 3.63) is 55.4 Å². The summed E-state index contributed by atoms with van der Waals surface area (Å²) in [6.45, 7) is 5.22. The number of carbonyl (C=O) groups excluding carboxylic acids is 1. The Morgan fingerprint density at radius 1 is 1.29 bits per heavy atom. The molecule has 142 valence electrons. The molecule has 3 rings (SSSR count). The van der Waals surface area contributed by atoms with Crippen molar-refractivity contribution in [3.8, 4) is 12.1 Å². The van der Waals surface area contributed by atoms with E-state index in [-0.39, 0.29) is 0 Å². The molecule has 0 fully saturated rings. The third kappa shape index (κ3) is 3.40. The van der Waals surface area contributed by atoms with Gasteiger partial charge in [0.2, 0.25) is 5.91 Å². The topological polar surface area (TPSA) is 107 Å². The highest BCUT2D eigenvalue weighted by molar-refractivity contribution is 8.02. The molecule has 1 N–H and O–H groups in total. The van der Waals surface area contributed by atoms with Crippen molar-refractivity contribution in [2.75, 3.05) is 0 Å². The van der Waals surface area contributed by atoms with Gasteiger partial charge in [-0.05, 0) is 30.2 Å². The molecular formula is C20H16ClN3O3S. The number of thioether (sulfide) groups is 1. The number of halogens is 1. The minimum absolute atomic E-state index is 0.315. The standard InChI is InChI=1S/C20H16ClN3O3S/c1-10-4-16-12(6-15(10)21)11(5-17(25)27-16)9-28-19-14(8-23)20(2,3)13(7-22)18(26)24-19/h4-6,13H,9H2,1-3H3,(H,24,26)/t13-/m0/s1. The van der Waals surface area contributed by atoms with E-state index in [0.717, 1.165) is 5.56 Å². The lowest BCUT2D eigenvalue weighted by Gasteiger charge is -2.34. The van der Waals surface area contributed by atoms with Crippen LogP contribution in [0, 0.1) is 40.9 Å². The Bertz CT molecular complexity index is 1170. The summed E-state index contributed by atoms with van der Waals surface area (Å²) >= 11 is 7.44. The van der Waals surface area contributed by atoms with E-state index in [9.17, 15) is 20.1 Å². The van der Waals surface area contributed by atoms with Crippen LogP contribution in [0.1, 0.15) is 25.0 Å². The zero-order valence-electron chi connectivity index (χ0n) is 15.4. The lowest BCUT2D eigenvalue weighted by Crippen LogP contribution is -2.44. The maximum absolute atomic E-state index is 12.3. The molecule has 0 saturated heterocycles. The Kier molecular flexibility index (Phi) is 5.25. The Labute approximate surface area is 170 Å². The number of carbonyl (C=O) groups is 1. The number of allylic oxidation sites excluding steroid dienone is 1. The van der Waals surface area contributed by atoms with Gasteiger partial charge in [-0.15, -0.1) is 11.8 Å². The van der Waals surface area contributed by atoms with Crippen LogP contribution in [0.15, 0.2) is 38.0 Å². The fourth-order valence-electron chi connectivity index (χ4n) is 3.15. The summed E-state index contributed by atoms with van der Waals surface area (Å²) in [6.07, 6.45) is 0. The van der Waals surface area contributed by atoms with Gasteiger partial charge in [0.1, 0.15) is 11.5 Å². The third-order valence-electron chi connectivity index (χ3n) is 4.81. The fraction of sp³-hybridized carbons (Fsp3) is 0.300. The summed E-state index contributed by atoms with van der Waals surface area (Å²) in [6, 6.07) is 8.91. The second-order valence-electron chi connectivity index (χ2n) is 7.07. The molecule has 8 heteroatoms. The summed E-state index contributed by atoms with van der Waals surface area (Å²) < 4.78 is 5.26. The quantitative estimate of drug-likeness (QED) is 0.761. The molecule has 0 saturated carbocycles. The van der Waals surface area contributed by atoms with Gasteiger partial charge < -0.3 is 9.73 Å².